The highest BCUT2D eigenvalue weighted by atomic mass is 16.6. The predicted octanol–water partition coefficient (Wildman–Crippen LogP) is 11.9. The first kappa shape index (κ1) is 36.3. The van der Waals surface area contributed by atoms with Crippen molar-refractivity contribution in [1.29, 1.82) is 0 Å². The normalized spacial score (nSPS) is 12.2. The number of H-pyrrole nitrogens is 2. The van der Waals surface area contributed by atoms with Crippen LogP contribution in [-0.2, 0) is 7.05 Å². The first-order chi connectivity index (χ1) is 24.0. The minimum Gasteiger partial charge on any atom is -0.486 e. The van der Waals surface area contributed by atoms with Gasteiger partial charge in [-0.3, -0.25) is 0 Å². The number of aromatic amines is 2. The number of aromatic nitrogens is 4. The summed E-state index contributed by atoms with van der Waals surface area (Å²) in [5.74, 6) is 4.11. The van der Waals surface area contributed by atoms with Gasteiger partial charge in [0, 0.05) is 30.5 Å². The molecule has 0 aliphatic carbocycles. The van der Waals surface area contributed by atoms with E-state index in [1.807, 2.05) is 12.3 Å². The Morgan fingerprint density at radius 2 is 1.14 bits per heavy atom. The molecule has 4 heterocycles. The van der Waals surface area contributed by atoms with E-state index in [9.17, 15) is 0 Å². The highest BCUT2D eigenvalue weighted by Gasteiger charge is 2.12. The molecule has 7 aromatic rings. The van der Waals surface area contributed by atoms with Gasteiger partial charge in [0.25, 0.3) is 0 Å². The average molecular weight is 671 g/mol. The maximum atomic E-state index is 5.49. The maximum Gasteiger partial charge on any atom is 0.161 e. The van der Waals surface area contributed by atoms with Gasteiger partial charge in [-0.05, 0) is 117 Å². The van der Waals surface area contributed by atoms with Gasteiger partial charge in [-0.15, -0.1) is 0 Å². The second kappa shape index (κ2) is 16.6. The van der Waals surface area contributed by atoms with Crippen molar-refractivity contribution in [3.05, 3.63) is 126 Å². The van der Waals surface area contributed by atoms with Crippen molar-refractivity contribution in [2.45, 2.75) is 79.1 Å². The van der Waals surface area contributed by atoms with E-state index in [2.05, 4.69) is 167 Å². The fourth-order valence-electron chi connectivity index (χ4n) is 5.82. The topological polar surface area (TPSA) is 67.9 Å². The molecule has 0 saturated heterocycles. The number of aryl methyl sites for hydroxylation is 1. The van der Waals surface area contributed by atoms with Crippen LogP contribution < -0.4 is 9.47 Å². The van der Waals surface area contributed by atoms with E-state index < -0.39 is 0 Å². The molecule has 0 unspecified atom stereocenters. The molecule has 8 rings (SSSR count). The summed E-state index contributed by atoms with van der Waals surface area (Å²) in [4.78, 5) is 10.5. The summed E-state index contributed by atoms with van der Waals surface area (Å²) in [5.41, 5.74) is 10.2. The molecule has 6 nitrogen and oxygen atoms in total. The van der Waals surface area contributed by atoms with Gasteiger partial charge in [-0.2, -0.15) is 0 Å². The molecule has 0 saturated carbocycles. The fraction of sp³-hybridized carbons (Fsp3) is 0.341. The quantitative estimate of drug-likeness (QED) is 0.196. The maximum absolute atomic E-state index is 5.49. The van der Waals surface area contributed by atoms with Gasteiger partial charge in [-0.25, -0.2) is 4.98 Å². The average Bonchev–Trinajstić information content (AvgIpc) is 3.88. The van der Waals surface area contributed by atoms with Crippen molar-refractivity contribution < 1.29 is 9.47 Å². The summed E-state index contributed by atoms with van der Waals surface area (Å²) in [6.45, 7) is 18.9. The molecule has 0 atom stereocenters. The number of rotatable bonds is 4. The molecular weight excluding hydrogens is 617 g/mol. The molecule has 0 fully saturated rings. The smallest absolute Gasteiger partial charge is 0.161 e. The first-order valence-corrected chi connectivity index (χ1v) is 17.9. The van der Waals surface area contributed by atoms with Crippen LogP contribution >= 0.6 is 0 Å². The summed E-state index contributed by atoms with van der Waals surface area (Å²) in [6, 6.07) is 30.0. The van der Waals surface area contributed by atoms with Crippen molar-refractivity contribution in [1.82, 2.24) is 19.5 Å². The summed E-state index contributed by atoms with van der Waals surface area (Å²) >= 11 is 0. The number of nitrogens with one attached hydrogen (secondary N) is 2. The number of hydrogen-bond donors (Lipinski definition) is 2. The van der Waals surface area contributed by atoms with E-state index in [1.54, 1.807) is 6.33 Å². The number of hydrogen-bond acceptors (Lipinski definition) is 3. The van der Waals surface area contributed by atoms with Gasteiger partial charge < -0.3 is 24.0 Å². The third-order valence-corrected chi connectivity index (χ3v) is 9.16. The third-order valence-electron chi connectivity index (χ3n) is 9.16. The minimum absolute atomic E-state index is 0.538. The molecule has 0 amide bonds. The second-order valence-corrected chi connectivity index (χ2v) is 14.3. The SMILES string of the molecule is CC(C)c1ccc2[nH]ccc2c1.CC(C)c1ccc2c(c1)OCCO2.CC(C)c1ccc2c(ccn2C)c1.CC(C)c1ccc2nc[nH]c2c1. The Labute approximate surface area is 297 Å². The van der Waals surface area contributed by atoms with Crippen LogP contribution in [0.5, 0.6) is 11.5 Å². The lowest BCUT2D eigenvalue weighted by atomic mass is 10.0. The Bertz CT molecular complexity index is 2030. The largest absolute Gasteiger partial charge is 0.486 e. The highest BCUT2D eigenvalue weighted by molar-refractivity contribution is 5.81. The Balaban J connectivity index is 0.000000130. The monoisotopic (exact) mass is 670 g/mol. The molecule has 262 valence electrons. The Kier molecular flexibility index (Phi) is 12.1. The first-order valence-electron chi connectivity index (χ1n) is 17.9. The van der Waals surface area contributed by atoms with E-state index >= 15 is 0 Å². The fourth-order valence-corrected chi connectivity index (χ4v) is 5.82. The van der Waals surface area contributed by atoms with E-state index in [-0.39, 0.29) is 0 Å². The van der Waals surface area contributed by atoms with Crippen LogP contribution in [0.2, 0.25) is 0 Å². The lowest BCUT2D eigenvalue weighted by Gasteiger charge is -2.19. The van der Waals surface area contributed by atoms with Crippen molar-refractivity contribution in [3.8, 4) is 11.5 Å². The Hall–Kier alpha value is -4.97. The molecule has 3 aromatic heterocycles. The third kappa shape index (κ3) is 9.17. The summed E-state index contributed by atoms with van der Waals surface area (Å²) in [5, 5.41) is 2.65. The molecule has 0 spiro atoms. The zero-order chi connectivity index (χ0) is 35.8. The number of imidazole rings is 1. The van der Waals surface area contributed by atoms with E-state index in [1.165, 1.54) is 44.1 Å². The van der Waals surface area contributed by atoms with Gasteiger partial charge >= 0.3 is 0 Å². The molecule has 50 heavy (non-hydrogen) atoms. The predicted molar refractivity (Wildman–Crippen MR) is 211 cm³/mol. The number of ether oxygens (including phenoxy) is 2. The van der Waals surface area contributed by atoms with Gasteiger partial charge in [0.2, 0.25) is 0 Å². The van der Waals surface area contributed by atoms with Crippen molar-refractivity contribution in [3.63, 3.8) is 0 Å². The Morgan fingerprint density at radius 3 is 1.84 bits per heavy atom. The molecule has 2 N–H and O–H groups in total. The van der Waals surface area contributed by atoms with Crippen LogP contribution in [0.15, 0.2) is 104 Å². The highest BCUT2D eigenvalue weighted by Crippen LogP contribution is 2.33. The molecular formula is C44H54N4O2. The van der Waals surface area contributed by atoms with Crippen LogP contribution in [0, 0.1) is 0 Å². The summed E-state index contributed by atoms with van der Waals surface area (Å²) in [6.07, 6.45) is 5.82. The zero-order valence-electron chi connectivity index (χ0n) is 31.2. The lowest BCUT2D eigenvalue weighted by molar-refractivity contribution is 0.171. The van der Waals surface area contributed by atoms with Crippen molar-refractivity contribution in [2.75, 3.05) is 13.2 Å². The zero-order valence-corrected chi connectivity index (χ0v) is 31.2. The van der Waals surface area contributed by atoms with Gasteiger partial charge in [0.05, 0.1) is 17.4 Å². The Morgan fingerprint density at radius 1 is 0.560 bits per heavy atom. The number of benzene rings is 4. The summed E-state index contributed by atoms with van der Waals surface area (Å²) in [7, 11) is 2.08. The van der Waals surface area contributed by atoms with Crippen LogP contribution in [0.4, 0.5) is 0 Å². The molecule has 1 aliphatic rings. The van der Waals surface area contributed by atoms with Crippen LogP contribution in [0.25, 0.3) is 32.8 Å². The second-order valence-electron chi connectivity index (χ2n) is 14.3. The molecule has 0 bridgehead atoms. The van der Waals surface area contributed by atoms with E-state index in [0.717, 1.165) is 22.5 Å². The van der Waals surface area contributed by atoms with Crippen molar-refractivity contribution >= 4 is 32.8 Å². The molecule has 4 aromatic carbocycles. The van der Waals surface area contributed by atoms with E-state index in [4.69, 9.17) is 9.47 Å². The van der Waals surface area contributed by atoms with Crippen LogP contribution in [-0.4, -0.2) is 32.7 Å². The number of nitrogens with zero attached hydrogens (tertiary/aromatic N) is 2. The molecule has 1 aliphatic heterocycles. The minimum atomic E-state index is 0.538. The number of fused-ring (bicyclic) bond motifs is 4. The van der Waals surface area contributed by atoms with Gasteiger partial charge in [0.15, 0.2) is 11.5 Å². The standard InChI is InChI=1S/C12H15N.C11H13N.C11H14O2.C10H12N2/c1-9(2)10-4-5-12-11(8-10)6-7-13(12)3;1-8(2)9-3-4-11-10(7-9)5-6-12-11;1-8(2)9-3-4-10-11(7-9)13-6-5-12-10;1-7(2)8-3-4-9-10(5-8)12-6-11-9/h4-9H,1-3H3;3-8,12H,1-2H3;3-4,7-8H,5-6H2,1-2H3;3-7H,1-2H3,(H,11,12). The van der Waals surface area contributed by atoms with Crippen LogP contribution in [0.1, 0.15) is 101 Å². The van der Waals surface area contributed by atoms with E-state index in [0.29, 0.717) is 36.9 Å². The van der Waals surface area contributed by atoms with Crippen molar-refractivity contribution in [2.24, 2.45) is 7.05 Å². The lowest BCUT2D eigenvalue weighted by Crippen LogP contribution is -2.15. The molecule has 6 heteroatoms. The molecule has 0 radical (unpaired) electrons. The van der Waals surface area contributed by atoms with Crippen LogP contribution in [0.3, 0.4) is 0 Å². The van der Waals surface area contributed by atoms with Gasteiger partial charge in [0.1, 0.15) is 13.2 Å². The van der Waals surface area contributed by atoms with Gasteiger partial charge in [-0.1, -0.05) is 79.7 Å². The summed E-state index contributed by atoms with van der Waals surface area (Å²) < 4.78 is 13.1.